The highest BCUT2D eigenvalue weighted by molar-refractivity contribution is 5.77. The number of nitrogens with zero attached hydrogens (tertiary/aromatic N) is 6. The zero-order chi connectivity index (χ0) is 19.7. The van der Waals surface area contributed by atoms with E-state index in [1.807, 2.05) is 43.3 Å². The van der Waals surface area contributed by atoms with Gasteiger partial charge in [0.2, 0.25) is 5.95 Å². The highest BCUT2D eigenvalue weighted by Crippen LogP contribution is 2.34. The summed E-state index contributed by atoms with van der Waals surface area (Å²) in [6.07, 6.45) is 3.56. The van der Waals surface area contributed by atoms with Crippen molar-refractivity contribution < 1.29 is 5.11 Å². The standard InChI is InChI=1S/C20H24N6O2/c1-24(2)17-9-10-21-20(23-17)25-11-5-8-16(25)18-22-15-7-4-3-6-14(15)19(28)26(18)12-13-27/h3-4,6-7,9-10,16,27H,5,8,11-13H2,1-2H3. The first-order valence-electron chi connectivity index (χ1n) is 9.47. The minimum absolute atomic E-state index is 0.110. The summed E-state index contributed by atoms with van der Waals surface area (Å²) < 4.78 is 1.60. The summed E-state index contributed by atoms with van der Waals surface area (Å²) in [6.45, 7) is 0.893. The maximum absolute atomic E-state index is 13.0. The van der Waals surface area contributed by atoms with Gasteiger partial charge in [0.15, 0.2) is 0 Å². The van der Waals surface area contributed by atoms with Crippen molar-refractivity contribution in [2.24, 2.45) is 0 Å². The second-order valence-corrected chi connectivity index (χ2v) is 7.13. The van der Waals surface area contributed by atoms with Gasteiger partial charge in [-0.25, -0.2) is 9.97 Å². The number of hydrogen-bond acceptors (Lipinski definition) is 7. The zero-order valence-electron chi connectivity index (χ0n) is 16.1. The Morgan fingerprint density at radius 3 is 2.82 bits per heavy atom. The number of para-hydroxylation sites is 1. The molecular weight excluding hydrogens is 356 g/mol. The van der Waals surface area contributed by atoms with Gasteiger partial charge in [-0.05, 0) is 31.0 Å². The van der Waals surface area contributed by atoms with E-state index in [1.54, 1.807) is 16.8 Å². The van der Waals surface area contributed by atoms with Crippen molar-refractivity contribution in [3.05, 3.63) is 52.7 Å². The Balaban J connectivity index is 1.83. The van der Waals surface area contributed by atoms with Gasteiger partial charge in [0.1, 0.15) is 11.6 Å². The smallest absolute Gasteiger partial charge is 0.261 e. The lowest BCUT2D eigenvalue weighted by molar-refractivity contribution is 0.270. The second-order valence-electron chi connectivity index (χ2n) is 7.13. The normalized spacial score (nSPS) is 16.7. The molecule has 4 rings (SSSR count). The van der Waals surface area contributed by atoms with E-state index >= 15 is 0 Å². The third-order valence-electron chi connectivity index (χ3n) is 5.11. The molecule has 3 aromatic rings. The maximum Gasteiger partial charge on any atom is 0.261 e. The van der Waals surface area contributed by atoms with Crippen LogP contribution in [0.5, 0.6) is 0 Å². The van der Waals surface area contributed by atoms with Crippen LogP contribution in [0.15, 0.2) is 41.3 Å². The first kappa shape index (κ1) is 18.4. The number of aliphatic hydroxyl groups is 1. The molecule has 28 heavy (non-hydrogen) atoms. The van der Waals surface area contributed by atoms with Crippen molar-refractivity contribution in [3.8, 4) is 0 Å². The molecule has 0 saturated carbocycles. The molecule has 8 nitrogen and oxygen atoms in total. The lowest BCUT2D eigenvalue weighted by Gasteiger charge is -2.27. The molecule has 1 unspecified atom stereocenters. The molecule has 0 spiro atoms. The van der Waals surface area contributed by atoms with Crippen molar-refractivity contribution in [3.63, 3.8) is 0 Å². The van der Waals surface area contributed by atoms with Crippen LogP contribution < -0.4 is 15.4 Å². The Hall–Kier alpha value is -3.00. The topological polar surface area (TPSA) is 87.4 Å². The molecule has 0 bridgehead atoms. The minimum Gasteiger partial charge on any atom is -0.395 e. The van der Waals surface area contributed by atoms with E-state index in [0.717, 1.165) is 25.2 Å². The summed E-state index contributed by atoms with van der Waals surface area (Å²) in [6, 6.07) is 9.10. The van der Waals surface area contributed by atoms with E-state index in [1.165, 1.54) is 0 Å². The molecule has 0 amide bonds. The monoisotopic (exact) mass is 380 g/mol. The van der Waals surface area contributed by atoms with Crippen LogP contribution in [0.4, 0.5) is 11.8 Å². The van der Waals surface area contributed by atoms with E-state index in [2.05, 4.69) is 14.9 Å². The lowest BCUT2D eigenvalue weighted by Crippen LogP contribution is -2.33. The third kappa shape index (κ3) is 3.20. The fourth-order valence-electron chi connectivity index (χ4n) is 3.76. The Bertz CT molecular complexity index is 1050. The summed E-state index contributed by atoms with van der Waals surface area (Å²) in [5, 5.41) is 10.1. The molecule has 1 N–H and O–H groups in total. The molecule has 146 valence electrons. The van der Waals surface area contributed by atoms with Crippen LogP contribution in [0.2, 0.25) is 0 Å². The van der Waals surface area contributed by atoms with Crippen molar-refractivity contribution in [1.29, 1.82) is 0 Å². The van der Waals surface area contributed by atoms with Crippen LogP contribution in [-0.4, -0.2) is 51.9 Å². The highest BCUT2D eigenvalue weighted by atomic mass is 16.3. The van der Waals surface area contributed by atoms with Crippen molar-refractivity contribution in [1.82, 2.24) is 19.5 Å². The number of hydrogen-bond donors (Lipinski definition) is 1. The van der Waals surface area contributed by atoms with Gasteiger partial charge < -0.3 is 14.9 Å². The molecule has 0 aliphatic carbocycles. The van der Waals surface area contributed by atoms with E-state index in [4.69, 9.17) is 4.98 Å². The van der Waals surface area contributed by atoms with Crippen LogP contribution in [0.25, 0.3) is 10.9 Å². The highest BCUT2D eigenvalue weighted by Gasteiger charge is 2.32. The van der Waals surface area contributed by atoms with E-state index in [0.29, 0.717) is 22.7 Å². The number of aromatic nitrogens is 4. The minimum atomic E-state index is -0.121. The molecule has 2 aromatic heterocycles. The quantitative estimate of drug-likeness (QED) is 0.719. The summed E-state index contributed by atoms with van der Waals surface area (Å²) in [5.41, 5.74) is 0.552. The van der Waals surface area contributed by atoms with Gasteiger partial charge in [-0.2, -0.15) is 4.98 Å². The predicted molar refractivity (Wildman–Crippen MR) is 109 cm³/mol. The number of benzene rings is 1. The Morgan fingerprint density at radius 2 is 2.04 bits per heavy atom. The van der Waals surface area contributed by atoms with Gasteiger partial charge >= 0.3 is 0 Å². The predicted octanol–water partition coefficient (Wildman–Crippen LogP) is 1.59. The zero-order valence-corrected chi connectivity index (χ0v) is 16.1. The molecule has 3 heterocycles. The largest absolute Gasteiger partial charge is 0.395 e. The SMILES string of the molecule is CN(C)c1ccnc(N2CCCC2c2nc3ccccc3c(=O)n2CCO)n1. The second kappa shape index (κ2) is 7.55. The first-order valence-corrected chi connectivity index (χ1v) is 9.47. The van der Waals surface area contributed by atoms with Gasteiger partial charge in [0.25, 0.3) is 5.56 Å². The molecule has 1 aliphatic heterocycles. The van der Waals surface area contributed by atoms with Crippen molar-refractivity contribution in [2.45, 2.75) is 25.4 Å². The van der Waals surface area contributed by atoms with Gasteiger partial charge in [-0.15, -0.1) is 0 Å². The van der Waals surface area contributed by atoms with Gasteiger partial charge in [-0.1, -0.05) is 12.1 Å². The fourth-order valence-corrected chi connectivity index (χ4v) is 3.76. The average Bonchev–Trinajstić information content (AvgIpc) is 3.20. The number of fused-ring (bicyclic) bond motifs is 1. The maximum atomic E-state index is 13.0. The number of anilines is 2. The molecule has 1 aromatic carbocycles. The molecule has 1 aliphatic rings. The molecule has 1 atom stereocenters. The summed E-state index contributed by atoms with van der Waals surface area (Å²) in [5.74, 6) is 2.12. The Labute approximate surface area is 163 Å². The van der Waals surface area contributed by atoms with E-state index in [-0.39, 0.29) is 24.8 Å². The van der Waals surface area contributed by atoms with Crippen LogP contribution in [0.3, 0.4) is 0 Å². The van der Waals surface area contributed by atoms with Gasteiger partial charge in [0, 0.05) is 26.8 Å². The summed E-state index contributed by atoms with van der Waals surface area (Å²) in [7, 11) is 3.88. The van der Waals surface area contributed by atoms with Gasteiger partial charge in [-0.3, -0.25) is 9.36 Å². The lowest BCUT2D eigenvalue weighted by atomic mass is 10.1. The molecule has 8 heteroatoms. The fraction of sp³-hybridized carbons (Fsp3) is 0.400. The Morgan fingerprint density at radius 1 is 1.21 bits per heavy atom. The van der Waals surface area contributed by atoms with Crippen LogP contribution in [0, 0.1) is 0 Å². The van der Waals surface area contributed by atoms with Crippen LogP contribution in [-0.2, 0) is 6.54 Å². The summed E-state index contributed by atoms with van der Waals surface area (Å²) >= 11 is 0. The number of aliphatic hydroxyl groups excluding tert-OH is 1. The number of rotatable bonds is 5. The van der Waals surface area contributed by atoms with E-state index in [9.17, 15) is 9.90 Å². The molecule has 1 fully saturated rings. The first-order chi connectivity index (χ1) is 13.6. The van der Waals surface area contributed by atoms with Crippen LogP contribution in [0.1, 0.15) is 24.7 Å². The van der Waals surface area contributed by atoms with Crippen molar-refractivity contribution in [2.75, 3.05) is 37.0 Å². The average molecular weight is 380 g/mol. The van der Waals surface area contributed by atoms with E-state index < -0.39 is 0 Å². The van der Waals surface area contributed by atoms with Crippen molar-refractivity contribution >= 4 is 22.7 Å². The third-order valence-corrected chi connectivity index (χ3v) is 5.11. The molecule has 1 saturated heterocycles. The molecule has 0 radical (unpaired) electrons. The summed E-state index contributed by atoms with van der Waals surface area (Å²) in [4.78, 5) is 31.0. The van der Waals surface area contributed by atoms with Gasteiger partial charge in [0.05, 0.1) is 30.1 Å². The Kier molecular flexibility index (Phi) is 4.95. The van der Waals surface area contributed by atoms with Crippen LogP contribution >= 0.6 is 0 Å². The molecular formula is C20H24N6O2.